The van der Waals surface area contributed by atoms with Crippen molar-refractivity contribution in [3.8, 4) is 0 Å². The van der Waals surface area contributed by atoms with E-state index in [2.05, 4.69) is 44.9 Å². The zero-order chi connectivity index (χ0) is 12.6. The van der Waals surface area contributed by atoms with Crippen LogP contribution in [0.4, 0.5) is 11.6 Å². The number of aromatic nitrogens is 2. The molecule has 2 aromatic rings. The smallest absolute Gasteiger partial charge is 0.131 e. The fourth-order valence-electron chi connectivity index (χ4n) is 1.74. The van der Waals surface area contributed by atoms with Gasteiger partial charge >= 0.3 is 0 Å². The molecule has 0 spiro atoms. The summed E-state index contributed by atoms with van der Waals surface area (Å²) in [6.45, 7) is 0.912. The first-order valence-electron chi connectivity index (χ1n) is 6.16. The van der Waals surface area contributed by atoms with Crippen molar-refractivity contribution in [2.75, 3.05) is 24.2 Å². The number of aryl methyl sites for hydroxylation is 1. The minimum atomic E-state index is 0.829. The fourth-order valence-corrected chi connectivity index (χ4v) is 1.74. The van der Waals surface area contributed by atoms with Gasteiger partial charge in [0.2, 0.25) is 0 Å². The molecule has 0 amide bonds. The largest absolute Gasteiger partial charge is 0.373 e. The van der Waals surface area contributed by atoms with Gasteiger partial charge in [0.25, 0.3) is 0 Å². The highest BCUT2D eigenvalue weighted by Crippen LogP contribution is 2.08. The second kappa shape index (κ2) is 6.59. The highest BCUT2D eigenvalue weighted by atomic mass is 15.0. The Morgan fingerprint density at radius 2 is 1.83 bits per heavy atom. The minimum Gasteiger partial charge on any atom is -0.373 e. The second-order valence-electron chi connectivity index (χ2n) is 4.05. The van der Waals surface area contributed by atoms with Crippen LogP contribution < -0.4 is 10.6 Å². The molecule has 0 fully saturated rings. The first-order chi connectivity index (χ1) is 8.88. The van der Waals surface area contributed by atoms with E-state index in [-0.39, 0.29) is 0 Å². The maximum Gasteiger partial charge on any atom is 0.131 e. The minimum absolute atomic E-state index is 0.829. The Balaban J connectivity index is 1.75. The molecule has 2 rings (SSSR count). The van der Waals surface area contributed by atoms with Gasteiger partial charge < -0.3 is 10.6 Å². The number of nitrogens with zero attached hydrogens (tertiary/aromatic N) is 2. The van der Waals surface area contributed by atoms with Gasteiger partial charge in [0.05, 0.1) is 0 Å². The van der Waals surface area contributed by atoms with Gasteiger partial charge in [-0.2, -0.15) is 0 Å². The summed E-state index contributed by atoms with van der Waals surface area (Å²) in [7, 11) is 1.85. The topological polar surface area (TPSA) is 49.8 Å². The zero-order valence-corrected chi connectivity index (χ0v) is 10.6. The predicted octanol–water partition coefficient (Wildman–Crippen LogP) is 2.56. The van der Waals surface area contributed by atoms with Crippen molar-refractivity contribution in [1.29, 1.82) is 0 Å². The van der Waals surface area contributed by atoms with Crippen LogP contribution >= 0.6 is 0 Å². The molecule has 2 N–H and O–H groups in total. The summed E-state index contributed by atoms with van der Waals surface area (Å²) in [5.74, 6) is 1.69. The van der Waals surface area contributed by atoms with Crippen LogP contribution in [0.15, 0.2) is 42.7 Å². The van der Waals surface area contributed by atoms with E-state index in [0.717, 1.165) is 31.0 Å². The molecule has 0 radical (unpaired) electrons. The van der Waals surface area contributed by atoms with Crippen molar-refractivity contribution in [2.24, 2.45) is 0 Å². The zero-order valence-electron chi connectivity index (χ0n) is 10.6. The Kier molecular flexibility index (Phi) is 4.53. The van der Waals surface area contributed by atoms with Gasteiger partial charge in [-0.1, -0.05) is 30.3 Å². The van der Waals surface area contributed by atoms with Gasteiger partial charge in [-0.3, -0.25) is 0 Å². The summed E-state index contributed by atoms with van der Waals surface area (Å²) in [5.41, 5.74) is 1.37. The van der Waals surface area contributed by atoms with Crippen molar-refractivity contribution < 1.29 is 0 Å². The lowest BCUT2D eigenvalue weighted by Crippen LogP contribution is -2.05. The molecule has 0 unspecified atom stereocenters. The highest BCUT2D eigenvalue weighted by Gasteiger charge is 1.96. The van der Waals surface area contributed by atoms with Crippen LogP contribution in [-0.2, 0) is 6.42 Å². The normalized spacial score (nSPS) is 10.1. The van der Waals surface area contributed by atoms with Crippen molar-refractivity contribution in [1.82, 2.24) is 9.97 Å². The maximum absolute atomic E-state index is 4.17. The number of anilines is 2. The molecule has 1 aromatic carbocycles. The van der Waals surface area contributed by atoms with Crippen LogP contribution in [-0.4, -0.2) is 23.6 Å². The number of nitrogens with one attached hydrogen (secondary N) is 2. The molecule has 0 aliphatic carbocycles. The number of benzene rings is 1. The predicted molar refractivity (Wildman–Crippen MR) is 74.8 cm³/mol. The number of rotatable bonds is 6. The Labute approximate surface area is 107 Å². The highest BCUT2D eigenvalue weighted by molar-refractivity contribution is 5.45. The third kappa shape index (κ3) is 3.73. The quantitative estimate of drug-likeness (QED) is 0.764. The van der Waals surface area contributed by atoms with Crippen molar-refractivity contribution >= 4 is 11.6 Å². The average Bonchev–Trinajstić information content (AvgIpc) is 2.45. The molecule has 0 atom stereocenters. The molecule has 0 aliphatic heterocycles. The van der Waals surface area contributed by atoms with E-state index in [1.165, 1.54) is 5.56 Å². The van der Waals surface area contributed by atoms with Crippen molar-refractivity contribution in [3.05, 3.63) is 48.3 Å². The van der Waals surface area contributed by atoms with Crippen LogP contribution in [0.25, 0.3) is 0 Å². The Hall–Kier alpha value is -2.10. The lowest BCUT2D eigenvalue weighted by atomic mass is 10.1. The van der Waals surface area contributed by atoms with Crippen molar-refractivity contribution in [3.63, 3.8) is 0 Å². The van der Waals surface area contributed by atoms with Gasteiger partial charge in [0.15, 0.2) is 0 Å². The van der Waals surface area contributed by atoms with Gasteiger partial charge in [-0.25, -0.2) is 9.97 Å². The van der Waals surface area contributed by atoms with Crippen molar-refractivity contribution in [2.45, 2.75) is 12.8 Å². The number of hydrogen-bond acceptors (Lipinski definition) is 4. The van der Waals surface area contributed by atoms with Crippen LogP contribution in [0, 0.1) is 0 Å². The molecule has 94 valence electrons. The second-order valence-corrected chi connectivity index (χ2v) is 4.05. The van der Waals surface area contributed by atoms with Gasteiger partial charge in [-0.05, 0) is 18.4 Å². The lowest BCUT2D eigenvalue weighted by Gasteiger charge is -2.06. The van der Waals surface area contributed by atoms with Crippen LogP contribution in [0.2, 0.25) is 0 Å². The maximum atomic E-state index is 4.17. The molecule has 1 heterocycles. The van der Waals surface area contributed by atoms with Gasteiger partial charge in [0.1, 0.15) is 18.0 Å². The molecule has 0 saturated carbocycles. The monoisotopic (exact) mass is 242 g/mol. The third-order valence-corrected chi connectivity index (χ3v) is 2.71. The van der Waals surface area contributed by atoms with E-state index in [1.54, 1.807) is 6.33 Å². The Morgan fingerprint density at radius 1 is 1.06 bits per heavy atom. The van der Waals surface area contributed by atoms with E-state index in [0.29, 0.717) is 0 Å². The number of hydrogen-bond donors (Lipinski definition) is 2. The molecule has 0 aliphatic rings. The van der Waals surface area contributed by atoms with E-state index in [9.17, 15) is 0 Å². The Morgan fingerprint density at radius 3 is 2.61 bits per heavy atom. The van der Waals surface area contributed by atoms with Gasteiger partial charge in [-0.15, -0.1) is 0 Å². The molecular weight excluding hydrogens is 224 g/mol. The average molecular weight is 242 g/mol. The van der Waals surface area contributed by atoms with E-state index in [1.807, 2.05) is 19.2 Å². The summed E-state index contributed by atoms with van der Waals surface area (Å²) in [5, 5.41) is 6.29. The van der Waals surface area contributed by atoms with Gasteiger partial charge in [0, 0.05) is 19.7 Å². The summed E-state index contributed by atoms with van der Waals surface area (Å²) in [6.07, 6.45) is 3.73. The summed E-state index contributed by atoms with van der Waals surface area (Å²) in [6, 6.07) is 12.4. The van der Waals surface area contributed by atoms with Crippen LogP contribution in [0.5, 0.6) is 0 Å². The first-order valence-corrected chi connectivity index (χ1v) is 6.16. The van der Waals surface area contributed by atoms with E-state index in [4.69, 9.17) is 0 Å². The molecular formula is C14H18N4. The van der Waals surface area contributed by atoms with E-state index >= 15 is 0 Å². The molecule has 1 aromatic heterocycles. The Bertz CT molecular complexity index is 470. The molecule has 4 heteroatoms. The molecule has 0 saturated heterocycles. The first kappa shape index (κ1) is 12.4. The standard InChI is InChI=1S/C14H18N4/c1-15-13-10-14(18-11-17-13)16-9-5-8-12-6-3-2-4-7-12/h2-4,6-7,10-11H,5,8-9H2,1H3,(H2,15,16,17,18). The van der Waals surface area contributed by atoms with Crippen LogP contribution in [0.3, 0.4) is 0 Å². The summed E-state index contributed by atoms with van der Waals surface area (Å²) < 4.78 is 0. The van der Waals surface area contributed by atoms with Crippen LogP contribution in [0.1, 0.15) is 12.0 Å². The summed E-state index contributed by atoms with van der Waals surface area (Å²) in [4.78, 5) is 8.24. The molecule has 0 bridgehead atoms. The lowest BCUT2D eigenvalue weighted by molar-refractivity contribution is 0.858. The SMILES string of the molecule is CNc1cc(NCCCc2ccccc2)ncn1. The summed E-state index contributed by atoms with van der Waals surface area (Å²) >= 11 is 0. The van der Waals surface area contributed by atoms with E-state index < -0.39 is 0 Å². The third-order valence-electron chi connectivity index (χ3n) is 2.71. The molecule has 4 nitrogen and oxygen atoms in total. The molecule has 18 heavy (non-hydrogen) atoms. The fraction of sp³-hybridized carbons (Fsp3) is 0.286.